The molecular weight excluding hydrogens is 310 g/mol. The Kier molecular flexibility index (Phi) is 6.55. The molecule has 1 aromatic rings. The highest BCUT2D eigenvalue weighted by Gasteiger charge is 2.07. The number of nitrogens with zero attached hydrogens (tertiary/aromatic N) is 3. The molecule has 1 aromatic heterocycles. The third kappa shape index (κ3) is 5.42. The van der Waals surface area contributed by atoms with Crippen LogP contribution in [-0.2, 0) is 4.79 Å². The topological polar surface area (TPSA) is 70.2 Å². The van der Waals surface area contributed by atoms with Gasteiger partial charge in [0.25, 0.3) is 0 Å². The molecule has 0 aliphatic heterocycles. The predicted molar refractivity (Wildman–Crippen MR) is 80.3 cm³/mol. The number of anilines is 2. The van der Waals surface area contributed by atoms with Gasteiger partial charge in [-0.1, -0.05) is 6.92 Å². The summed E-state index contributed by atoms with van der Waals surface area (Å²) in [6.07, 6.45) is 3.14. The van der Waals surface area contributed by atoms with E-state index in [2.05, 4.69) is 43.5 Å². The zero-order valence-electron chi connectivity index (χ0n) is 11.5. The van der Waals surface area contributed by atoms with Gasteiger partial charge in [0.15, 0.2) is 0 Å². The fourth-order valence-corrected chi connectivity index (χ4v) is 1.66. The van der Waals surface area contributed by atoms with Gasteiger partial charge in [-0.2, -0.15) is 4.98 Å². The van der Waals surface area contributed by atoms with Crippen LogP contribution >= 0.6 is 15.9 Å². The first-order valence-electron chi connectivity index (χ1n) is 6.25. The highest BCUT2D eigenvalue weighted by molar-refractivity contribution is 9.10. The van der Waals surface area contributed by atoms with Gasteiger partial charge in [0.05, 0.1) is 4.47 Å². The van der Waals surface area contributed by atoms with Crippen molar-refractivity contribution in [3.05, 3.63) is 10.7 Å². The van der Waals surface area contributed by atoms with Crippen molar-refractivity contribution in [3.63, 3.8) is 0 Å². The third-order valence-corrected chi connectivity index (χ3v) is 2.99. The van der Waals surface area contributed by atoms with Crippen LogP contribution in [0.2, 0.25) is 0 Å². The molecule has 6 nitrogen and oxygen atoms in total. The van der Waals surface area contributed by atoms with Crippen LogP contribution < -0.4 is 10.6 Å². The summed E-state index contributed by atoms with van der Waals surface area (Å²) in [6.45, 7) is 3.46. The normalized spacial score (nSPS) is 10.1. The second-order valence-electron chi connectivity index (χ2n) is 4.28. The van der Waals surface area contributed by atoms with E-state index in [1.807, 2.05) is 0 Å². The van der Waals surface area contributed by atoms with Gasteiger partial charge in [-0.3, -0.25) is 4.79 Å². The van der Waals surface area contributed by atoms with Crippen LogP contribution in [0.3, 0.4) is 0 Å². The Balaban J connectivity index is 2.54. The summed E-state index contributed by atoms with van der Waals surface area (Å²) in [4.78, 5) is 21.5. The van der Waals surface area contributed by atoms with E-state index < -0.39 is 0 Å². The summed E-state index contributed by atoms with van der Waals surface area (Å²) < 4.78 is 0.784. The molecule has 0 aliphatic rings. The quantitative estimate of drug-likeness (QED) is 0.800. The van der Waals surface area contributed by atoms with E-state index >= 15 is 0 Å². The lowest BCUT2D eigenvalue weighted by Gasteiger charge is -2.12. The molecule has 106 valence electrons. The maximum Gasteiger partial charge on any atom is 0.224 e. The Labute approximate surface area is 122 Å². The highest BCUT2D eigenvalue weighted by atomic mass is 79.9. The fourth-order valence-electron chi connectivity index (χ4n) is 1.32. The Morgan fingerprint density at radius 3 is 2.74 bits per heavy atom. The Hall–Kier alpha value is -1.37. The highest BCUT2D eigenvalue weighted by Crippen LogP contribution is 2.19. The number of halogens is 1. The molecule has 0 fully saturated rings. The van der Waals surface area contributed by atoms with Gasteiger partial charge >= 0.3 is 0 Å². The number of carbonyl (C=O) groups is 1. The van der Waals surface area contributed by atoms with Crippen LogP contribution in [0.4, 0.5) is 11.8 Å². The summed E-state index contributed by atoms with van der Waals surface area (Å²) in [5.74, 6) is 1.37. The number of hydrogen-bond acceptors (Lipinski definition) is 5. The predicted octanol–water partition coefficient (Wildman–Crippen LogP) is 1.95. The number of rotatable bonds is 7. The molecule has 0 radical (unpaired) electrons. The molecule has 0 unspecified atom stereocenters. The van der Waals surface area contributed by atoms with E-state index in [4.69, 9.17) is 0 Å². The molecule has 0 atom stereocenters. The number of nitrogens with one attached hydrogen (secondary N) is 2. The lowest BCUT2D eigenvalue weighted by molar-refractivity contribution is -0.128. The van der Waals surface area contributed by atoms with Crippen LogP contribution in [0.1, 0.15) is 19.8 Å². The number of hydrogen-bond donors (Lipinski definition) is 2. The van der Waals surface area contributed by atoms with Crippen LogP contribution in [0, 0.1) is 0 Å². The van der Waals surface area contributed by atoms with Crippen molar-refractivity contribution in [3.8, 4) is 0 Å². The summed E-state index contributed by atoms with van der Waals surface area (Å²) in [5, 5.41) is 6.25. The summed E-state index contributed by atoms with van der Waals surface area (Å²) in [5.41, 5.74) is 0. The first-order chi connectivity index (χ1) is 9.04. The second-order valence-corrected chi connectivity index (χ2v) is 5.14. The maximum atomic E-state index is 11.5. The summed E-state index contributed by atoms with van der Waals surface area (Å²) in [6, 6.07) is 0. The van der Waals surface area contributed by atoms with E-state index in [1.54, 1.807) is 25.2 Å². The molecule has 0 bridgehead atoms. The Bertz CT molecular complexity index is 425. The zero-order chi connectivity index (χ0) is 14.3. The molecule has 0 saturated heterocycles. The average molecular weight is 330 g/mol. The molecule has 19 heavy (non-hydrogen) atoms. The molecule has 0 aromatic carbocycles. The third-order valence-electron chi connectivity index (χ3n) is 2.41. The van der Waals surface area contributed by atoms with Gasteiger partial charge in [0, 0.05) is 39.8 Å². The van der Waals surface area contributed by atoms with Crippen LogP contribution in [0.15, 0.2) is 10.7 Å². The van der Waals surface area contributed by atoms with E-state index in [0.717, 1.165) is 17.4 Å². The van der Waals surface area contributed by atoms with Gasteiger partial charge in [-0.05, 0) is 22.4 Å². The van der Waals surface area contributed by atoms with E-state index in [1.165, 1.54) is 0 Å². The zero-order valence-corrected chi connectivity index (χ0v) is 13.1. The standard InChI is InChI=1S/C12H20BrN5O/c1-4-6-15-12-16-8-9(13)11(17-12)14-7-5-10(19)18(2)3/h8H,4-7H2,1-3H3,(H2,14,15,16,17). The molecule has 1 amide bonds. The van der Waals surface area contributed by atoms with Crippen molar-refractivity contribution in [1.29, 1.82) is 0 Å². The second kappa shape index (κ2) is 7.93. The monoisotopic (exact) mass is 329 g/mol. The van der Waals surface area contributed by atoms with Crippen LogP contribution in [0.5, 0.6) is 0 Å². The minimum absolute atomic E-state index is 0.0852. The van der Waals surface area contributed by atoms with Gasteiger partial charge < -0.3 is 15.5 Å². The van der Waals surface area contributed by atoms with E-state index in [9.17, 15) is 4.79 Å². The van der Waals surface area contributed by atoms with Crippen molar-refractivity contribution in [2.45, 2.75) is 19.8 Å². The number of carbonyl (C=O) groups excluding carboxylic acids is 1. The van der Waals surface area contributed by atoms with Gasteiger partial charge in [0.2, 0.25) is 11.9 Å². The lowest BCUT2D eigenvalue weighted by atomic mass is 10.4. The number of aromatic nitrogens is 2. The summed E-state index contributed by atoms with van der Waals surface area (Å²) in [7, 11) is 3.49. The van der Waals surface area contributed by atoms with Crippen molar-refractivity contribution < 1.29 is 4.79 Å². The van der Waals surface area contributed by atoms with E-state index in [-0.39, 0.29) is 5.91 Å². The molecule has 0 saturated carbocycles. The molecular formula is C12H20BrN5O. The van der Waals surface area contributed by atoms with Crippen molar-refractivity contribution >= 4 is 33.6 Å². The smallest absolute Gasteiger partial charge is 0.224 e. The van der Waals surface area contributed by atoms with Crippen molar-refractivity contribution in [2.75, 3.05) is 37.8 Å². The lowest BCUT2D eigenvalue weighted by Crippen LogP contribution is -2.24. The number of amides is 1. The van der Waals surface area contributed by atoms with E-state index in [0.29, 0.717) is 24.7 Å². The largest absolute Gasteiger partial charge is 0.368 e. The first-order valence-corrected chi connectivity index (χ1v) is 7.04. The van der Waals surface area contributed by atoms with Gasteiger partial charge in [-0.25, -0.2) is 4.98 Å². The Morgan fingerprint density at radius 2 is 2.11 bits per heavy atom. The molecule has 7 heteroatoms. The Morgan fingerprint density at radius 1 is 1.37 bits per heavy atom. The SMILES string of the molecule is CCCNc1ncc(Br)c(NCCC(=O)N(C)C)n1. The minimum atomic E-state index is 0.0852. The maximum absolute atomic E-state index is 11.5. The minimum Gasteiger partial charge on any atom is -0.368 e. The molecule has 0 aliphatic carbocycles. The molecule has 1 heterocycles. The average Bonchev–Trinajstić information content (AvgIpc) is 2.39. The molecule has 1 rings (SSSR count). The summed E-state index contributed by atoms with van der Waals surface area (Å²) >= 11 is 3.38. The van der Waals surface area contributed by atoms with Crippen molar-refractivity contribution in [1.82, 2.24) is 14.9 Å². The van der Waals surface area contributed by atoms with Gasteiger partial charge in [0.1, 0.15) is 5.82 Å². The molecule has 0 spiro atoms. The van der Waals surface area contributed by atoms with Gasteiger partial charge in [-0.15, -0.1) is 0 Å². The fraction of sp³-hybridized carbons (Fsp3) is 0.583. The first kappa shape index (κ1) is 15.7. The van der Waals surface area contributed by atoms with Crippen molar-refractivity contribution in [2.24, 2.45) is 0 Å². The molecule has 2 N–H and O–H groups in total. The van der Waals surface area contributed by atoms with Crippen LogP contribution in [-0.4, -0.2) is 48.0 Å². The van der Waals surface area contributed by atoms with Crippen LogP contribution in [0.25, 0.3) is 0 Å².